The SMILES string of the molecule is COC(=O)C(=O)CCCCI. The second kappa shape index (κ2) is 6.57. The predicted octanol–water partition coefficient (Wildman–Crippen LogP) is 1.33. The van der Waals surface area contributed by atoms with Crippen molar-refractivity contribution < 1.29 is 14.3 Å². The summed E-state index contributed by atoms with van der Waals surface area (Å²) in [4.78, 5) is 21.3. The summed E-state index contributed by atoms with van der Waals surface area (Å²) < 4.78 is 5.27. The zero-order valence-corrected chi connectivity index (χ0v) is 8.59. The first kappa shape index (κ1) is 10.9. The maximum Gasteiger partial charge on any atom is 0.374 e. The average Bonchev–Trinajstić information content (AvgIpc) is 2.03. The van der Waals surface area contributed by atoms with E-state index in [1.807, 2.05) is 0 Å². The summed E-state index contributed by atoms with van der Waals surface area (Å²) >= 11 is 2.23. The van der Waals surface area contributed by atoms with Gasteiger partial charge in [0.05, 0.1) is 7.11 Å². The van der Waals surface area contributed by atoms with Crippen LogP contribution in [0.2, 0.25) is 0 Å². The van der Waals surface area contributed by atoms with E-state index in [0.29, 0.717) is 6.42 Å². The Morgan fingerprint density at radius 1 is 1.36 bits per heavy atom. The highest BCUT2D eigenvalue weighted by atomic mass is 127. The molecule has 0 bridgehead atoms. The molecule has 4 heteroatoms. The number of halogens is 1. The van der Waals surface area contributed by atoms with Crippen LogP contribution in [0.25, 0.3) is 0 Å². The topological polar surface area (TPSA) is 43.4 Å². The van der Waals surface area contributed by atoms with Crippen molar-refractivity contribution in [2.24, 2.45) is 0 Å². The number of rotatable bonds is 5. The number of methoxy groups -OCH3 is 1. The van der Waals surface area contributed by atoms with Crippen LogP contribution in [-0.2, 0) is 14.3 Å². The van der Waals surface area contributed by atoms with Crippen LogP contribution in [0.1, 0.15) is 19.3 Å². The molecule has 0 spiro atoms. The minimum absolute atomic E-state index is 0.315. The Hall–Kier alpha value is -0.130. The zero-order chi connectivity index (χ0) is 8.69. The number of unbranched alkanes of at least 4 members (excludes halogenated alkanes) is 1. The van der Waals surface area contributed by atoms with Crippen LogP contribution in [-0.4, -0.2) is 23.3 Å². The molecule has 0 amide bonds. The molecule has 0 aromatic rings. The third kappa shape index (κ3) is 5.17. The molecule has 0 unspecified atom stereocenters. The molecule has 0 aliphatic rings. The van der Waals surface area contributed by atoms with Crippen LogP contribution in [0.15, 0.2) is 0 Å². The Balaban J connectivity index is 3.44. The number of carbonyl (C=O) groups excluding carboxylic acids is 2. The second-order valence-corrected chi connectivity index (χ2v) is 3.14. The molecule has 0 saturated heterocycles. The molecule has 11 heavy (non-hydrogen) atoms. The molecule has 0 atom stereocenters. The monoisotopic (exact) mass is 270 g/mol. The molecule has 0 rings (SSSR count). The lowest BCUT2D eigenvalue weighted by Crippen LogP contribution is -2.14. The van der Waals surface area contributed by atoms with Crippen molar-refractivity contribution in [2.75, 3.05) is 11.5 Å². The molecule has 0 heterocycles. The second-order valence-electron chi connectivity index (χ2n) is 2.06. The van der Waals surface area contributed by atoms with E-state index in [1.165, 1.54) is 7.11 Å². The number of alkyl halides is 1. The van der Waals surface area contributed by atoms with Crippen LogP contribution >= 0.6 is 22.6 Å². The number of esters is 1. The van der Waals surface area contributed by atoms with Crippen LogP contribution in [0.4, 0.5) is 0 Å². The molecule has 0 fully saturated rings. The van der Waals surface area contributed by atoms with Crippen molar-refractivity contribution >= 4 is 34.3 Å². The third-order valence-electron chi connectivity index (χ3n) is 1.20. The van der Waals surface area contributed by atoms with Gasteiger partial charge in [-0.3, -0.25) is 4.79 Å². The molecule has 64 valence electrons. The van der Waals surface area contributed by atoms with Gasteiger partial charge < -0.3 is 4.74 Å². The predicted molar refractivity (Wildman–Crippen MR) is 49.8 cm³/mol. The first-order valence-corrected chi connectivity index (χ1v) is 4.92. The molecule has 0 aliphatic carbocycles. The Morgan fingerprint density at radius 2 is 2.00 bits per heavy atom. The number of ether oxygens (including phenoxy) is 1. The number of hydrogen-bond donors (Lipinski definition) is 0. The van der Waals surface area contributed by atoms with Gasteiger partial charge in [-0.25, -0.2) is 4.79 Å². The van der Waals surface area contributed by atoms with E-state index in [4.69, 9.17) is 0 Å². The number of ketones is 1. The summed E-state index contributed by atoms with van der Waals surface area (Å²) in [6, 6.07) is 0. The Labute approximate surface area is 79.6 Å². The molecular formula is C7H11IO3. The van der Waals surface area contributed by atoms with Gasteiger partial charge >= 0.3 is 5.97 Å². The number of carbonyl (C=O) groups is 2. The standard InChI is InChI=1S/C7H11IO3/c1-11-7(10)6(9)4-2-3-5-8/h2-5H2,1H3. The van der Waals surface area contributed by atoms with Crippen LogP contribution in [0.5, 0.6) is 0 Å². The van der Waals surface area contributed by atoms with E-state index in [1.54, 1.807) is 0 Å². The van der Waals surface area contributed by atoms with Gasteiger partial charge in [-0.1, -0.05) is 22.6 Å². The Kier molecular flexibility index (Phi) is 6.49. The van der Waals surface area contributed by atoms with Crippen LogP contribution in [0.3, 0.4) is 0 Å². The van der Waals surface area contributed by atoms with E-state index in [-0.39, 0.29) is 0 Å². The highest BCUT2D eigenvalue weighted by Gasteiger charge is 2.11. The fraction of sp³-hybridized carbons (Fsp3) is 0.714. The van der Waals surface area contributed by atoms with Gasteiger partial charge in [-0.05, 0) is 17.3 Å². The first-order chi connectivity index (χ1) is 5.22. The average molecular weight is 270 g/mol. The van der Waals surface area contributed by atoms with Crippen LogP contribution in [0, 0.1) is 0 Å². The Bertz CT molecular complexity index is 145. The molecule has 0 saturated carbocycles. The van der Waals surface area contributed by atoms with Crippen molar-refractivity contribution in [2.45, 2.75) is 19.3 Å². The van der Waals surface area contributed by atoms with Crippen molar-refractivity contribution in [3.63, 3.8) is 0 Å². The van der Waals surface area contributed by atoms with E-state index in [0.717, 1.165) is 17.3 Å². The van der Waals surface area contributed by atoms with Gasteiger partial charge in [0.15, 0.2) is 0 Å². The van der Waals surface area contributed by atoms with Crippen molar-refractivity contribution in [1.82, 2.24) is 0 Å². The van der Waals surface area contributed by atoms with Crippen molar-refractivity contribution in [3.8, 4) is 0 Å². The summed E-state index contributed by atoms with van der Waals surface area (Å²) in [5.41, 5.74) is 0. The lowest BCUT2D eigenvalue weighted by molar-refractivity contribution is -0.151. The molecular weight excluding hydrogens is 259 g/mol. The summed E-state index contributed by atoms with van der Waals surface area (Å²) in [6.07, 6.45) is 2.07. The first-order valence-electron chi connectivity index (χ1n) is 3.39. The molecule has 0 N–H and O–H groups in total. The van der Waals surface area contributed by atoms with Gasteiger partial charge in [0.1, 0.15) is 0 Å². The molecule has 0 aromatic carbocycles. The van der Waals surface area contributed by atoms with Crippen LogP contribution < -0.4 is 0 Å². The maximum atomic E-state index is 10.8. The molecule has 3 nitrogen and oxygen atoms in total. The minimum Gasteiger partial charge on any atom is -0.463 e. The van der Waals surface area contributed by atoms with Crippen molar-refractivity contribution in [3.05, 3.63) is 0 Å². The van der Waals surface area contributed by atoms with E-state index >= 15 is 0 Å². The van der Waals surface area contributed by atoms with Gasteiger partial charge in [0, 0.05) is 6.42 Å². The lowest BCUT2D eigenvalue weighted by atomic mass is 10.2. The normalized spacial score (nSPS) is 9.27. The number of Topliss-reactive ketones (excluding diaryl/α,β-unsaturated/α-hetero) is 1. The molecule has 0 radical (unpaired) electrons. The number of hydrogen-bond acceptors (Lipinski definition) is 3. The highest BCUT2D eigenvalue weighted by molar-refractivity contribution is 14.1. The molecule has 0 aliphatic heterocycles. The van der Waals surface area contributed by atoms with E-state index in [2.05, 4.69) is 27.3 Å². The minimum atomic E-state index is -0.724. The Morgan fingerprint density at radius 3 is 2.45 bits per heavy atom. The third-order valence-corrected chi connectivity index (χ3v) is 1.96. The summed E-state index contributed by atoms with van der Waals surface area (Å²) in [7, 11) is 1.22. The van der Waals surface area contributed by atoms with Gasteiger partial charge in [0.25, 0.3) is 0 Å². The quantitative estimate of drug-likeness (QED) is 0.249. The molecule has 0 aromatic heterocycles. The zero-order valence-electron chi connectivity index (χ0n) is 6.43. The fourth-order valence-electron chi connectivity index (χ4n) is 0.596. The van der Waals surface area contributed by atoms with Crippen molar-refractivity contribution in [1.29, 1.82) is 0 Å². The van der Waals surface area contributed by atoms with Gasteiger partial charge in [-0.2, -0.15) is 0 Å². The summed E-state index contributed by atoms with van der Waals surface area (Å²) in [5, 5.41) is 0. The van der Waals surface area contributed by atoms with E-state index < -0.39 is 11.8 Å². The van der Waals surface area contributed by atoms with Gasteiger partial charge in [-0.15, -0.1) is 0 Å². The lowest BCUT2D eigenvalue weighted by Gasteiger charge is -1.96. The smallest absolute Gasteiger partial charge is 0.374 e. The van der Waals surface area contributed by atoms with Gasteiger partial charge in [0.2, 0.25) is 5.78 Å². The van der Waals surface area contributed by atoms with E-state index in [9.17, 15) is 9.59 Å². The fourth-order valence-corrected chi connectivity index (χ4v) is 1.14. The maximum absolute atomic E-state index is 10.8. The summed E-state index contributed by atoms with van der Waals surface area (Å²) in [6.45, 7) is 0. The largest absolute Gasteiger partial charge is 0.463 e. The highest BCUT2D eigenvalue weighted by Crippen LogP contribution is 2.00. The summed E-state index contributed by atoms with van der Waals surface area (Å²) in [5.74, 6) is -1.14.